The van der Waals surface area contributed by atoms with Gasteiger partial charge in [0, 0.05) is 10.6 Å². The minimum atomic E-state index is -4.59. The average molecular weight is 446 g/mol. The first-order chi connectivity index (χ1) is 14.0. The van der Waals surface area contributed by atoms with Crippen LogP contribution in [0.3, 0.4) is 0 Å². The molecule has 162 valence electrons. The molecule has 0 aliphatic carbocycles. The summed E-state index contributed by atoms with van der Waals surface area (Å²) in [6.07, 6.45) is -3.63. The summed E-state index contributed by atoms with van der Waals surface area (Å²) in [6.45, 7) is 1.83. The van der Waals surface area contributed by atoms with Crippen LogP contribution in [0.5, 0.6) is 5.88 Å². The molecule has 30 heavy (non-hydrogen) atoms. The average Bonchev–Trinajstić information content (AvgIpc) is 2.68. The van der Waals surface area contributed by atoms with E-state index < -0.39 is 36.6 Å². The van der Waals surface area contributed by atoms with Crippen molar-refractivity contribution in [2.75, 3.05) is 13.7 Å². The molecule has 0 saturated carbocycles. The van der Waals surface area contributed by atoms with Crippen molar-refractivity contribution in [1.29, 1.82) is 0 Å². The first-order valence-electron chi connectivity index (χ1n) is 8.73. The third kappa shape index (κ3) is 6.31. The zero-order valence-electron chi connectivity index (χ0n) is 16.3. The molecule has 0 spiro atoms. The Morgan fingerprint density at radius 3 is 2.53 bits per heavy atom. The normalized spacial score (nSPS) is 12.4. The third-order valence-electron chi connectivity index (χ3n) is 3.85. The van der Waals surface area contributed by atoms with Crippen LogP contribution < -0.4 is 10.1 Å². The number of halogens is 4. The van der Waals surface area contributed by atoms with E-state index in [2.05, 4.69) is 20.0 Å². The second kappa shape index (κ2) is 9.75. The number of nitrogens with one attached hydrogen (secondary N) is 1. The number of amides is 1. The summed E-state index contributed by atoms with van der Waals surface area (Å²) in [4.78, 5) is 32.4. The number of rotatable bonds is 7. The third-order valence-corrected chi connectivity index (χ3v) is 4.09. The number of carbonyl (C=O) groups excluding carboxylic acids is 2. The predicted molar refractivity (Wildman–Crippen MR) is 102 cm³/mol. The molecule has 2 rings (SSSR count). The van der Waals surface area contributed by atoms with Gasteiger partial charge in [-0.15, -0.1) is 0 Å². The Kier molecular flexibility index (Phi) is 7.60. The molecule has 0 bridgehead atoms. The molecule has 1 amide bonds. The van der Waals surface area contributed by atoms with Crippen molar-refractivity contribution in [1.82, 2.24) is 15.3 Å². The minimum Gasteiger partial charge on any atom is -0.467 e. The number of aromatic nitrogens is 2. The molecule has 1 aromatic heterocycles. The van der Waals surface area contributed by atoms with E-state index in [1.165, 1.54) is 19.2 Å². The molecule has 7 nitrogen and oxygen atoms in total. The van der Waals surface area contributed by atoms with E-state index in [1.807, 2.05) is 0 Å². The summed E-state index contributed by atoms with van der Waals surface area (Å²) in [5.41, 5.74) is -0.0253. The quantitative estimate of drug-likeness (QED) is 0.654. The number of carbonyl (C=O) groups is 2. The maximum Gasteiger partial charge on any atom is 0.422 e. The van der Waals surface area contributed by atoms with Crippen molar-refractivity contribution >= 4 is 23.5 Å². The second-order valence-corrected chi connectivity index (χ2v) is 6.98. The van der Waals surface area contributed by atoms with E-state index in [9.17, 15) is 22.8 Å². The summed E-state index contributed by atoms with van der Waals surface area (Å²) in [5, 5.41) is 2.79. The number of ether oxygens (including phenoxy) is 2. The molecule has 11 heteroatoms. The molecule has 1 aromatic carbocycles. The Morgan fingerprint density at radius 2 is 1.97 bits per heavy atom. The minimum absolute atomic E-state index is 0.103. The van der Waals surface area contributed by atoms with Crippen molar-refractivity contribution in [2.24, 2.45) is 5.92 Å². The van der Waals surface area contributed by atoms with Crippen LogP contribution in [0, 0.1) is 5.92 Å². The Balaban J connectivity index is 2.41. The van der Waals surface area contributed by atoms with Crippen molar-refractivity contribution < 1.29 is 32.2 Å². The zero-order valence-corrected chi connectivity index (χ0v) is 17.0. The van der Waals surface area contributed by atoms with Gasteiger partial charge in [-0.3, -0.25) is 4.79 Å². The number of benzene rings is 1. The van der Waals surface area contributed by atoms with Gasteiger partial charge in [0.05, 0.1) is 13.3 Å². The maximum atomic E-state index is 12.6. The highest BCUT2D eigenvalue weighted by Crippen LogP contribution is 2.29. The smallest absolute Gasteiger partial charge is 0.422 e. The number of nitrogens with zero attached hydrogens (tertiary/aromatic N) is 2. The van der Waals surface area contributed by atoms with E-state index in [0.717, 1.165) is 6.20 Å². The van der Waals surface area contributed by atoms with Gasteiger partial charge in [-0.25, -0.2) is 14.8 Å². The number of hydrogen-bond donors (Lipinski definition) is 1. The van der Waals surface area contributed by atoms with Gasteiger partial charge >= 0.3 is 12.1 Å². The highest BCUT2D eigenvalue weighted by Gasteiger charge is 2.30. The van der Waals surface area contributed by atoms with Gasteiger partial charge in [-0.1, -0.05) is 37.6 Å². The molecule has 0 radical (unpaired) electrons. The fourth-order valence-corrected chi connectivity index (χ4v) is 2.60. The molecule has 0 aliphatic rings. The molecule has 0 aliphatic heterocycles. The maximum absolute atomic E-state index is 12.6. The first-order valence-corrected chi connectivity index (χ1v) is 9.11. The zero-order chi connectivity index (χ0) is 22.5. The topological polar surface area (TPSA) is 90.4 Å². The van der Waals surface area contributed by atoms with Crippen molar-refractivity contribution in [3.63, 3.8) is 0 Å². The Labute approximate surface area is 175 Å². The monoisotopic (exact) mass is 445 g/mol. The van der Waals surface area contributed by atoms with E-state index in [4.69, 9.17) is 16.3 Å². The number of hydrogen-bond acceptors (Lipinski definition) is 6. The lowest BCUT2D eigenvalue weighted by Gasteiger charge is -2.19. The summed E-state index contributed by atoms with van der Waals surface area (Å²) in [7, 11) is 1.19. The Bertz CT molecular complexity index is 922. The largest absolute Gasteiger partial charge is 0.467 e. The molecule has 2 aromatic rings. The summed E-state index contributed by atoms with van der Waals surface area (Å²) in [5.74, 6) is -2.10. The van der Waals surface area contributed by atoms with Crippen LogP contribution in [0.1, 0.15) is 24.3 Å². The van der Waals surface area contributed by atoms with Crippen LogP contribution in [-0.2, 0) is 9.53 Å². The van der Waals surface area contributed by atoms with E-state index in [1.54, 1.807) is 26.0 Å². The molecule has 1 N–H and O–H groups in total. The van der Waals surface area contributed by atoms with Gasteiger partial charge in [0.15, 0.2) is 6.61 Å². The predicted octanol–water partition coefficient (Wildman–Crippen LogP) is 3.67. The standard InChI is InChI=1S/C19H19ClF3N3O4/c1-10(2)14(18(28)29-3)26-16(27)13-8-24-17(30-9-19(21,22)23)15(25-13)11-5-4-6-12(20)7-11/h4-8,10,14H,9H2,1-3H3,(H,26,27)/t14-/m1/s1. The lowest BCUT2D eigenvalue weighted by atomic mass is 10.0. The van der Waals surface area contributed by atoms with Crippen molar-refractivity contribution in [2.45, 2.75) is 26.1 Å². The second-order valence-electron chi connectivity index (χ2n) is 6.54. The van der Waals surface area contributed by atoms with Crippen molar-refractivity contribution in [3.8, 4) is 17.1 Å². The van der Waals surface area contributed by atoms with Crippen LogP contribution in [0.4, 0.5) is 13.2 Å². The molecule has 1 atom stereocenters. The van der Waals surface area contributed by atoms with E-state index in [0.29, 0.717) is 10.6 Å². The van der Waals surface area contributed by atoms with E-state index in [-0.39, 0.29) is 17.3 Å². The fourth-order valence-electron chi connectivity index (χ4n) is 2.41. The highest BCUT2D eigenvalue weighted by molar-refractivity contribution is 6.30. The number of alkyl halides is 3. The molecular weight excluding hydrogens is 427 g/mol. The summed E-state index contributed by atoms with van der Waals surface area (Å²) in [6, 6.07) is 5.16. The van der Waals surface area contributed by atoms with Gasteiger partial charge in [0.25, 0.3) is 5.91 Å². The highest BCUT2D eigenvalue weighted by atomic mass is 35.5. The Hall–Kier alpha value is -2.88. The van der Waals surface area contributed by atoms with Crippen molar-refractivity contribution in [3.05, 3.63) is 41.2 Å². The van der Waals surface area contributed by atoms with Crippen LogP contribution in [-0.4, -0.2) is 47.8 Å². The molecule has 0 fully saturated rings. The molecule has 0 unspecified atom stereocenters. The fraction of sp³-hybridized carbons (Fsp3) is 0.368. The van der Waals surface area contributed by atoms with Crippen LogP contribution >= 0.6 is 11.6 Å². The van der Waals surface area contributed by atoms with E-state index >= 15 is 0 Å². The SMILES string of the molecule is COC(=O)[C@H](NC(=O)c1cnc(OCC(F)(F)F)c(-c2cccc(Cl)c2)n1)C(C)C. The number of methoxy groups -OCH3 is 1. The van der Waals surface area contributed by atoms with Crippen LogP contribution in [0.2, 0.25) is 5.02 Å². The lowest BCUT2D eigenvalue weighted by molar-refractivity contribution is -0.154. The van der Waals surface area contributed by atoms with Gasteiger partial charge in [-0.2, -0.15) is 13.2 Å². The van der Waals surface area contributed by atoms with Gasteiger partial charge < -0.3 is 14.8 Å². The first kappa shape index (κ1) is 23.4. The molecular formula is C19H19ClF3N3O4. The lowest BCUT2D eigenvalue weighted by Crippen LogP contribution is -2.45. The van der Waals surface area contributed by atoms with Crippen LogP contribution in [0.25, 0.3) is 11.3 Å². The van der Waals surface area contributed by atoms with Gasteiger partial charge in [0.2, 0.25) is 5.88 Å². The summed E-state index contributed by atoms with van der Waals surface area (Å²) < 4.78 is 47.1. The molecule has 0 saturated heterocycles. The molecule has 1 heterocycles. The van der Waals surface area contributed by atoms with Gasteiger partial charge in [-0.05, 0) is 18.1 Å². The summed E-state index contributed by atoms with van der Waals surface area (Å²) >= 11 is 5.95. The Morgan fingerprint density at radius 1 is 1.27 bits per heavy atom. The van der Waals surface area contributed by atoms with Gasteiger partial charge in [0.1, 0.15) is 17.4 Å². The van der Waals surface area contributed by atoms with Crippen LogP contribution in [0.15, 0.2) is 30.5 Å². The number of esters is 1.